The van der Waals surface area contributed by atoms with E-state index >= 15 is 0 Å². The van der Waals surface area contributed by atoms with Gasteiger partial charge < -0.3 is 26.8 Å². The molecule has 0 saturated carbocycles. The van der Waals surface area contributed by atoms with E-state index in [4.69, 9.17) is 16.2 Å². The molecule has 1 aromatic carbocycles. The number of nitrogens with two attached hydrogens (primary N) is 2. The first-order chi connectivity index (χ1) is 8.13. The van der Waals surface area contributed by atoms with Crippen molar-refractivity contribution in [2.24, 2.45) is 0 Å². The quantitative estimate of drug-likeness (QED) is 0.413. The van der Waals surface area contributed by atoms with Gasteiger partial charge in [-0.25, -0.2) is 0 Å². The predicted molar refractivity (Wildman–Crippen MR) is 68.6 cm³/mol. The minimum atomic E-state index is -0.0996. The predicted octanol–water partition coefficient (Wildman–Crippen LogP) is 0.0255. The molecule has 1 aromatic rings. The van der Waals surface area contributed by atoms with Gasteiger partial charge in [-0.2, -0.15) is 0 Å². The fourth-order valence-electron chi connectivity index (χ4n) is 1.22. The molecule has 0 aromatic heterocycles. The van der Waals surface area contributed by atoms with Crippen molar-refractivity contribution < 1.29 is 9.53 Å². The first kappa shape index (κ1) is 13.1. The van der Waals surface area contributed by atoms with Gasteiger partial charge in [0.05, 0.1) is 24.5 Å². The number of hydrogen-bond acceptors (Lipinski definition) is 5. The normalized spacial score (nSPS) is 9.94. The van der Waals surface area contributed by atoms with Gasteiger partial charge in [0.15, 0.2) is 0 Å². The molecule has 0 aliphatic heterocycles. The van der Waals surface area contributed by atoms with Gasteiger partial charge in [-0.3, -0.25) is 4.79 Å². The van der Waals surface area contributed by atoms with Crippen molar-refractivity contribution in [2.75, 3.05) is 43.6 Å². The molecule has 0 unspecified atom stereocenters. The highest BCUT2D eigenvalue weighted by Gasteiger charge is 2.01. The molecule has 0 aliphatic rings. The Morgan fingerprint density at radius 1 is 1.35 bits per heavy atom. The third kappa shape index (κ3) is 4.60. The topological polar surface area (TPSA) is 102 Å². The van der Waals surface area contributed by atoms with Crippen molar-refractivity contribution in [3.8, 4) is 0 Å². The summed E-state index contributed by atoms with van der Waals surface area (Å²) in [5.74, 6) is -0.0996. The van der Waals surface area contributed by atoms with Crippen LogP contribution in [0.5, 0.6) is 0 Å². The highest BCUT2D eigenvalue weighted by molar-refractivity contribution is 5.81. The summed E-state index contributed by atoms with van der Waals surface area (Å²) in [5, 5.41) is 5.65. The van der Waals surface area contributed by atoms with Gasteiger partial charge in [0.25, 0.3) is 0 Å². The van der Waals surface area contributed by atoms with Crippen LogP contribution in [0, 0.1) is 0 Å². The van der Waals surface area contributed by atoms with Crippen LogP contribution in [-0.4, -0.2) is 32.7 Å². The molecule has 0 heterocycles. The standard InChI is InChI=1S/C11H18N4O2/c1-17-5-4-14-11(16)7-15-8-2-3-9(12)10(13)6-8/h2-3,6,15H,4-5,7,12-13H2,1H3,(H,14,16). The molecule has 6 heteroatoms. The first-order valence-corrected chi connectivity index (χ1v) is 5.28. The molecule has 6 nitrogen and oxygen atoms in total. The van der Waals surface area contributed by atoms with Crippen LogP contribution in [0.15, 0.2) is 18.2 Å². The summed E-state index contributed by atoms with van der Waals surface area (Å²) in [6, 6.07) is 5.16. The number of nitrogens with one attached hydrogen (secondary N) is 2. The van der Waals surface area contributed by atoms with E-state index in [1.807, 2.05) is 0 Å². The number of methoxy groups -OCH3 is 1. The van der Waals surface area contributed by atoms with Gasteiger partial charge in [0.1, 0.15) is 0 Å². The summed E-state index contributed by atoms with van der Waals surface area (Å²) in [5.41, 5.74) is 13.0. The number of carbonyl (C=O) groups is 1. The molecule has 1 rings (SSSR count). The maximum absolute atomic E-state index is 11.4. The fourth-order valence-corrected chi connectivity index (χ4v) is 1.22. The van der Waals surface area contributed by atoms with Crippen LogP contribution < -0.4 is 22.1 Å². The smallest absolute Gasteiger partial charge is 0.239 e. The Labute approximate surface area is 100 Å². The SMILES string of the molecule is COCCNC(=O)CNc1ccc(N)c(N)c1. The number of rotatable bonds is 6. The molecule has 0 radical (unpaired) electrons. The molecule has 0 aliphatic carbocycles. The lowest BCUT2D eigenvalue weighted by atomic mass is 10.2. The fraction of sp³-hybridized carbons (Fsp3) is 0.364. The van der Waals surface area contributed by atoms with Crippen LogP contribution >= 0.6 is 0 Å². The number of hydrogen-bond donors (Lipinski definition) is 4. The van der Waals surface area contributed by atoms with E-state index in [0.717, 1.165) is 5.69 Å². The van der Waals surface area contributed by atoms with E-state index in [-0.39, 0.29) is 12.5 Å². The number of benzene rings is 1. The molecular weight excluding hydrogens is 220 g/mol. The van der Waals surface area contributed by atoms with E-state index < -0.39 is 0 Å². The highest BCUT2D eigenvalue weighted by Crippen LogP contribution is 2.19. The van der Waals surface area contributed by atoms with Gasteiger partial charge in [-0.1, -0.05) is 0 Å². The van der Waals surface area contributed by atoms with Crippen molar-refractivity contribution in [3.05, 3.63) is 18.2 Å². The van der Waals surface area contributed by atoms with Crippen molar-refractivity contribution in [1.29, 1.82) is 0 Å². The van der Waals surface area contributed by atoms with Crippen molar-refractivity contribution in [2.45, 2.75) is 0 Å². The monoisotopic (exact) mass is 238 g/mol. The second-order valence-electron chi connectivity index (χ2n) is 3.54. The second-order valence-corrected chi connectivity index (χ2v) is 3.54. The maximum Gasteiger partial charge on any atom is 0.239 e. The Balaban J connectivity index is 2.34. The highest BCUT2D eigenvalue weighted by atomic mass is 16.5. The van der Waals surface area contributed by atoms with Crippen LogP contribution in [0.2, 0.25) is 0 Å². The summed E-state index contributed by atoms with van der Waals surface area (Å²) >= 11 is 0. The molecular formula is C11H18N4O2. The third-order valence-electron chi connectivity index (χ3n) is 2.17. The maximum atomic E-state index is 11.4. The molecule has 0 bridgehead atoms. The molecule has 94 valence electrons. The van der Waals surface area contributed by atoms with Crippen LogP contribution in [-0.2, 0) is 9.53 Å². The second kappa shape index (κ2) is 6.59. The van der Waals surface area contributed by atoms with E-state index in [9.17, 15) is 4.79 Å². The van der Waals surface area contributed by atoms with Crippen molar-refractivity contribution in [3.63, 3.8) is 0 Å². The summed E-state index contributed by atoms with van der Waals surface area (Å²) in [4.78, 5) is 11.4. The number of nitrogen functional groups attached to an aromatic ring is 2. The van der Waals surface area contributed by atoms with E-state index in [0.29, 0.717) is 24.5 Å². The Kier molecular flexibility index (Phi) is 5.09. The van der Waals surface area contributed by atoms with Crippen molar-refractivity contribution >= 4 is 23.0 Å². The Bertz CT molecular complexity index is 382. The van der Waals surface area contributed by atoms with Crippen LogP contribution in [0.3, 0.4) is 0 Å². The molecule has 0 saturated heterocycles. The van der Waals surface area contributed by atoms with Gasteiger partial charge in [0.2, 0.25) is 5.91 Å². The Morgan fingerprint density at radius 3 is 2.76 bits per heavy atom. The molecule has 0 atom stereocenters. The van der Waals surface area contributed by atoms with Crippen LogP contribution in [0.4, 0.5) is 17.1 Å². The Morgan fingerprint density at radius 2 is 2.12 bits per heavy atom. The molecule has 17 heavy (non-hydrogen) atoms. The largest absolute Gasteiger partial charge is 0.397 e. The summed E-state index contributed by atoms with van der Waals surface area (Å²) in [6.45, 7) is 1.19. The van der Waals surface area contributed by atoms with Crippen molar-refractivity contribution in [1.82, 2.24) is 5.32 Å². The van der Waals surface area contributed by atoms with E-state index in [1.54, 1.807) is 25.3 Å². The molecule has 6 N–H and O–H groups in total. The first-order valence-electron chi connectivity index (χ1n) is 5.28. The van der Waals surface area contributed by atoms with Gasteiger partial charge >= 0.3 is 0 Å². The zero-order valence-electron chi connectivity index (χ0n) is 9.82. The van der Waals surface area contributed by atoms with Gasteiger partial charge in [-0.15, -0.1) is 0 Å². The van der Waals surface area contributed by atoms with Crippen LogP contribution in [0.1, 0.15) is 0 Å². The third-order valence-corrected chi connectivity index (χ3v) is 2.17. The molecule has 0 fully saturated rings. The number of carbonyl (C=O) groups excluding carboxylic acids is 1. The molecule has 0 spiro atoms. The lowest BCUT2D eigenvalue weighted by molar-refractivity contribution is -0.119. The minimum absolute atomic E-state index is 0.0996. The van der Waals surface area contributed by atoms with Gasteiger partial charge in [-0.05, 0) is 18.2 Å². The lowest BCUT2D eigenvalue weighted by Crippen LogP contribution is -2.32. The zero-order chi connectivity index (χ0) is 12.7. The Hall–Kier alpha value is -1.95. The summed E-state index contributed by atoms with van der Waals surface area (Å²) < 4.78 is 4.82. The zero-order valence-corrected chi connectivity index (χ0v) is 9.82. The number of amides is 1. The number of ether oxygens (including phenoxy) is 1. The minimum Gasteiger partial charge on any atom is -0.397 e. The lowest BCUT2D eigenvalue weighted by Gasteiger charge is -2.08. The summed E-state index contributed by atoms with van der Waals surface area (Å²) in [7, 11) is 1.58. The van der Waals surface area contributed by atoms with E-state index in [1.165, 1.54) is 0 Å². The summed E-state index contributed by atoms with van der Waals surface area (Å²) in [6.07, 6.45) is 0. The number of anilines is 3. The van der Waals surface area contributed by atoms with E-state index in [2.05, 4.69) is 10.6 Å². The molecule has 1 amide bonds. The van der Waals surface area contributed by atoms with Gasteiger partial charge in [0, 0.05) is 19.3 Å². The van der Waals surface area contributed by atoms with Crippen LogP contribution in [0.25, 0.3) is 0 Å². The average molecular weight is 238 g/mol. The average Bonchev–Trinajstić information content (AvgIpc) is 2.31.